The van der Waals surface area contributed by atoms with E-state index >= 15 is 0 Å². The van der Waals surface area contributed by atoms with Gasteiger partial charge < -0.3 is 19.1 Å². The summed E-state index contributed by atoms with van der Waals surface area (Å²) in [6.07, 6.45) is 1.53. The smallest absolute Gasteiger partial charge is 0.259 e. The lowest BCUT2D eigenvalue weighted by molar-refractivity contribution is 0.0982. The lowest BCUT2D eigenvalue weighted by Crippen LogP contribution is -2.41. The van der Waals surface area contributed by atoms with Gasteiger partial charge in [0.1, 0.15) is 17.2 Å². The van der Waals surface area contributed by atoms with E-state index in [1.165, 1.54) is 25.2 Å². The Morgan fingerprint density at radius 1 is 1.03 bits per heavy atom. The summed E-state index contributed by atoms with van der Waals surface area (Å²) >= 11 is 0. The molecule has 8 heteroatoms. The summed E-state index contributed by atoms with van der Waals surface area (Å²) in [7, 11) is -0.356. The second-order valence-corrected chi connectivity index (χ2v) is 8.36. The van der Waals surface area contributed by atoms with E-state index in [1.807, 2.05) is 6.92 Å². The average molecular weight is 417 g/mol. The fraction of sp³-hybridized carbons (Fsp3) is 0.286. The van der Waals surface area contributed by atoms with E-state index in [0.29, 0.717) is 35.1 Å². The molecule has 0 aromatic heterocycles. The monoisotopic (exact) mass is 417 g/mol. The van der Waals surface area contributed by atoms with Gasteiger partial charge in [0.05, 0.1) is 32.6 Å². The molecule has 0 spiro atoms. The van der Waals surface area contributed by atoms with Crippen molar-refractivity contribution in [2.75, 3.05) is 31.5 Å². The number of rotatable bonds is 7. The third kappa shape index (κ3) is 4.71. The highest BCUT2D eigenvalue weighted by atomic mass is 32.2. The molecule has 1 aliphatic rings. The van der Waals surface area contributed by atoms with E-state index in [4.69, 9.17) is 14.2 Å². The summed E-state index contributed by atoms with van der Waals surface area (Å²) in [5, 5.41) is 1.15. The molecule has 0 bridgehead atoms. The van der Waals surface area contributed by atoms with Crippen molar-refractivity contribution in [2.24, 2.45) is 0 Å². The summed E-state index contributed by atoms with van der Waals surface area (Å²) in [6.45, 7) is 2.41. The molecule has 0 fully saturated rings. The Balaban J connectivity index is 2.03. The number of nitrogens with zero attached hydrogens (tertiary/aromatic N) is 1. The maximum Gasteiger partial charge on any atom is 0.259 e. The van der Waals surface area contributed by atoms with Crippen molar-refractivity contribution < 1.29 is 27.4 Å². The maximum absolute atomic E-state index is 13.4. The minimum absolute atomic E-state index is 0.174. The highest BCUT2D eigenvalue weighted by Crippen LogP contribution is 2.29. The molecule has 29 heavy (non-hydrogen) atoms. The quantitative estimate of drug-likeness (QED) is 0.689. The zero-order valence-corrected chi connectivity index (χ0v) is 17.3. The Bertz CT molecular complexity index is 992. The van der Waals surface area contributed by atoms with Crippen LogP contribution >= 0.6 is 0 Å². The predicted octanol–water partition coefficient (Wildman–Crippen LogP) is 3.06. The molecule has 1 heterocycles. The van der Waals surface area contributed by atoms with Crippen LogP contribution < -0.4 is 19.1 Å². The largest absolute Gasteiger partial charge is 0.497 e. The van der Waals surface area contributed by atoms with Gasteiger partial charge in [0.2, 0.25) is 0 Å². The van der Waals surface area contributed by atoms with Crippen molar-refractivity contribution in [3.05, 3.63) is 59.5 Å². The summed E-state index contributed by atoms with van der Waals surface area (Å²) in [5.41, 5.74) is 0.889. The highest BCUT2D eigenvalue weighted by molar-refractivity contribution is 7.94. The normalized spacial score (nSPS) is 17.0. The van der Waals surface area contributed by atoms with Crippen LogP contribution in [0, 0.1) is 0 Å². The number of benzene rings is 2. The Labute approximate surface area is 170 Å². The van der Waals surface area contributed by atoms with Crippen molar-refractivity contribution in [3.8, 4) is 17.2 Å². The van der Waals surface area contributed by atoms with Gasteiger partial charge in [0.25, 0.3) is 5.91 Å². The molecule has 1 unspecified atom stereocenters. The molecule has 3 rings (SSSR count). The minimum Gasteiger partial charge on any atom is -0.497 e. The van der Waals surface area contributed by atoms with Gasteiger partial charge in [-0.2, -0.15) is 0 Å². The third-order valence-corrected chi connectivity index (χ3v) is 5.86. The third-order valence-electron chi connectivity index (χ3n) is 4.49. The highest BCUT2D eigenvalue weighted by Gasteiger charge is 2.32. The molecule has 0 N–H and O–H groups in total. The van der Waals surface area contributed by atoms with Crippen LogP contribution in [0.1, 0.15) is 17.3 Å². The van der Waals surface area contributed by atoms with Gasteiger partial charge >= 0.3 is 0 Å². The van der Waals surface area contributed by atoms with Gasteiger partial charge in [-0.25, -0.2) is 8.42 Å². The standard InChI is InChI=1S/C21H23NO6S/c1-4-28-18-7-5-16(6-8-18)22(17-9-10-29(24,25)14-17)21(23)15-11-19(26-2)13-20(12-15)27-3/h5-13,17H,4,14H2,1-3H3. The van der Waals surface area contributed by atoms with E-state index in [0.717, 1.165) is 5.41 Å². The molecular weight excluding hydrogens is 394 g/mol. The van der Waals surface area contributed by atoms with Crippen LogP contribution in [0.25, 0.3) is 0 Å². The van der Waals surface area contributed by atoms with E-state index in [1.54, 1.807) is 42.5 Å². The van der Waals surface area contributed by atoms with Crippen molar-refractivity contribution in [2.45, 2.75) is 13.0 Å². The zero-order valence-electron chi connectivity index (χ0n) is 16.5. The molecule has 0 radical (unpaired) electrons. The van der Waals surface area contributed by atoms with Gasteiger partial charge in [-0.3, -0.25) is 4.79 Å². The summed E-state index contributed by atoms with van der Waals surface area (Å²) < 4.78 is 40.0. The topological polar surface area (TPSA) is 82.1 Å². The molecule has 2 aromatic rings. The first-order valence-electron chi connectivity index (χ1n) is 9.07. The number of amides is 1. The first kappa shape index (κ1) is 20.7. The fourth-order valence-electron chi connectivity index (χ4n) is 3.12. The van der Waals surface area contributed by atoms with E-state index in [9.17, 15) is 13.2 Å². The summed E-state index contributed by atoms with van der Waals surface area (Å²) in [6, 6.07) is 11.2. The second-order valence-electron chi connectivity index (χ2n) is 6.43. The molecule has 1 amide bonds. The van der Waals surface area contributed by atoms with E-state index in [-0.39, 0.29) is 11.7 Å². The van der Waals surface area contributed by atoms with Crippen LogP contribution in [0.3, 0.4) is 0 Å². The van der Waals surface area contributed by atoms with Crippen molar-refractivity contribution in [3.63, 3.8) is 0 Å². The molecule has 0 aliphatic carbocycles. The SMILES string of the molecule is CCOc1ccc(N(C(=O)c2cc(OC)cc(OC)c2)C2C=CS(=O)(=O)C2)cc1. The van der Waals surface area contributed by atoms with Crippen molar-refractivity contribution in [1.29, 1.82) is 0 Å². The van der Waals surface area contributed by atoms with Gasteiger partial charge in [0.15, 0.2) is 9.84 Å². The number of carbonyl (C=O) groups is 1. The Morgan fingerprint density at radius 2 is 1.66 bits per heavy atom. The lowest BCUT2D eigenvalue weighted by Gasteiger charge is -2.28. The second kappa shape index (κ2) is 8.57. The van der Waals surface area contributed by atoms with E-state index < -0.39 is 15.9 Å². The van der Waals surface area contributed by atoms with Crippen LogP contribution in [-0.4, -0.2) is 46.9 Å². The van der Waals surface area contributed by atoms with Crippen LogP contribution in [0.2, 0.25) is 0 Å². The van der Waals surface area contributed by atoms with Gasteiger partial charge in [-0.1, -0.05) is 0 Å². The lowest BCUT2D eigenvalue weighted by atomic mass is 10.1. The molecular formula is C21H23NO6S. The number of carbonyl (C=O) groups excluding carboxylic acids is 1. The van der Waals surface area contributed by atoms with Crippen LogP contribution in [0.4, 0.5) is 5.69 Å². The fourth-order valence-corrected chi connectivity index (χ4v) is 4.39. The average Bonchev–Trinajstić information content (AvgIpc) is 3.08. The molecule has 0 saturated heterocycles. The summed E-state index contributed by atoms with van der Waals surface area (Å²) in [4.78, 5) is 14.9. The molecule has 7 nitrogen and oxygen atoms in total. The molecule has 1 aliphatic heterocycles. The number of hydrogen-bond acceptors (Lipinski definition) is 6. The van der Waals surface area contributed by atoms with Gasteiger partial charge in [-0.15, -0.1) is 0 Å². The van der Waals surface area contributed by atoms with Crippen LogP contribution in [0.5, 0.6) is 17.2 Å². The van der Waals surface area contributed by atoms with Gasteiger partial charge in [-0.05, 0) is 49.4 Å². The first-order chi connectivity index (χ1) is 13.9. The van der Waals surface area contributed by atoms with Crippen LogP contribution in [0.15, 0.2) is 53.9 Å². The minimum atomic E-state index is -3.36. The number of sulfone groups is 1. The van der Waals surface area contributed by atoms with Crippen molar-refractivity contribution >= 4 is 21.4 Å². The van der Waals surface area contributed by atoms with Crippen molar-refractivity contribution in [1.82, 2.24) is 0 Å². The Kier molecular flexibility index (Phi) is 6.12. The molecule has 1 atom stereocenters. The number of ether oxygens (including phenoxy) is 3. The first-order valence-corrected chi connectivity index (χ1v) is 10.8. The van der Waals surface area contributed by atoms with Gasteiger partial charge in [0, 0.05) is 22.7 Å². The number of anilines is 1. The van der Waals surface area contributed by atoms with E-state index in [2.05, 4.69) is 0 Å². The maximum atomic E-state index is 13.4. The number of hydrogen-bond donors (Lipinski definition) is 0. The van der Waals surface area contributed by atoms with Crippen LogP contribution in [-0.2, 0) is 9.84 Å². The zero-order chi connectivity index (χ0) is 21.0. The summed E-state index contributed by atoms with van der Waals surface area (Å²) in [5.74, 6) is 1.06. The Morgan fingerprint density at radius 3 is 2.14 bits per heavy atom. The number of methoxy groups -OCH3 is 2. The molecule has 2 aromatic carbocycles. The molecule has 154 valence electrons. The predicted molar refractivity (Wildman–Crippen MR) is 111 cm³/mol. The Hall–Kier alpha value is -3.00. The molecule has 0 saturated carbocycles.